The molecule has 0 aromatic heterocycles. The molecule has 1 aromatic rings. The van der Waals surface area contributed by atoms with E-state index in [2.05, 4.69) is 15.9 Å². The van der Waals surface area contributed by atoms with Gasteiger partial charge >= 0.3 is 0 Å². The van der Waals surface area contributed by atoms with Crippen molar-refractivity contribution in [3.05, 3.63) is 28.2 Å². The van der Waals surface area contributed by atoms with Crippen LogP contribution in [0.25, 0.3) is 0 Å². The molecular formula is C8H8BrClO3S. The Morgan fingerprint density at radius 3 is 2.64 bits per heavy atom. The Morgan fingerprint density at radius 1 is 1.50 bits per heavy atom. The minimum absolute atomic E-state index is 0.216. The number of rotatable bonds is 3. The molecule has 0 saturated heterocycles. The summed E-state index contributed by atoms with van der Waals surface area (Å²) in [6.45, 7) is 0. The fourth-order valence-corrected chi connectivity index (χ4v) is 2.51. The summed E-state index contributed by atoms with van der Waals surface area (Å²) >= 11 is 3.23. The smallest absolute Gasteiger partial charge is 0.236 e. The average molecular weight is 300 g/mol. The fraction of sp³-hybridized carbons (Fsp3) is 0.250. The van der Waals surface area contributed by atoms with Gasteiger partial charge in [-0.25, -0.2) is 8.42 Å². The van der Waals surface area contributed by atoms with E-state index in [0.717, 1.165) is 0 Å². The molecule has 3 nitrogen and oxygen atoms in total. The van der Waals surface area contributed by atoms with Crippen LogP contribution in [0.1, 0.15) is 5.56 Å². The number of ether oxygens (including phenoxy) is 1. The van der Waals surface area contributed by atoms with E-state index >= 15 is 0 Å². The van der Waals surface area contributed by atoms with Gasteiger partial charge in [-0.15, -0.1) is 0 Å². The quantitative estimate of drug-likeness (QED) is 0.806. The van der Waals surface area contributed by atoms with Gasteiger partial charge in [0.05, 0.1) is 12.9 Å². The van der Waals surface area contributed by atoms with Crippen LogP contribution < -0.4 is 4.74 Å². The Morgan fingerprint density at radius 2 is 2.14 bits per heavy atom. The second-order valence-corrected chi connectivity index (χ2v) is 6.27. The minimum Gasteiger partial charge on any atom is -0.497 e. The summed E-state index contributed by atoms with van der Waals surface area (Å²) in [6.07, 6.45) is 0. The molecule has 0 aliphatic heterocycles. The summed E-state index contributed by atoms with van der Waals surface area (Å²) in [4.78, 5) is 0. The molecule has 0 aliphatic carbocycles. The summed E-state index contributed by atoms with van der Waals surface area (Å²) < 4.78 is 27.4. The van der Waals surface area contributed by atoms with Crippen molar-refractivity contribution in [2.75, 3.05) is 7.11 Å². The summed E-state index contributed by atoms with van der Waals surface area (Å²) in [5.41, 5.74) is 0.583. The Balaban J connectivity index is 3.07. The van der Waals surface area contributed by atoms with Crippen molar-refractivity contribution in [2.45, 2.75) is 5.75 Å². The Hall–Kier alpha value is -0.260. The third kappa shape index (κ3) is 3.48. The van der Waals surface area contributed by atoms with Gasteiger partial charge < -0.3 is 4.74 Å². The third-order valence-electron chi connectivity index (χ3n) is 1.58. The molecule has 0 radical (unpaired) electrons. The lowest BCUT2D eigenvalue weighted by molar-refractivity contribution is 0.414. The molecule has 0 spiro atoms. The lowest BCUT2D eigenvalue weighted by Gasteiger charge is -2.05. The summed E-state index contributed by atoms with van der Waals surface area (Å²) in [7, 11) is 3.12. The maximum Gasteiger partial charge on any atom is 0.236 e. The largest absolute Gasteiger partial charge is 0.497 e. The molecule has 0 unspecified atom stereocenters. The van der Waals surface area contributed by atoms with E-state index in [0.29, 0.717) is 15.8 Å². The molecule has 14 heavy (non-hydrogen) atoms. The first-order chi connectivity index (χ1) is 6.42. The van der Waals surface area contributed by atoms with Crippen LogP contribution in [0.2, 0.25) is 0 Å². The van der Waals surface area contributed by atoms with E-state index in [1.54, 1.807) is 18.2 Å². The maximum atomic E-state index is 10.9. The van der Waals surface area contributed by atoms with Gasteiger partial charge in [-0.1, -0.05) is 15.9 Å². The number of hydrogen-bond acceptors (Lipinski definition) is 3. The van der Waals surface area contributed by atoms with Crippen molar-refractivity contribution in [3.8, 4) is 5.75 Å². The van der Waals surface area contributed by atoms with Crippen LogP contribution >= 0.6 is 26.6 Å². The zero-order chi connectivity index (χ0) is 10.8. The van der Waals surface area contributed by atoms with Crippen LogP contribution in [-0.2, 0) is 14.8 Å². The SMILES string of the molecule is COc1ccc(Br)c(CS(=O)(=O)Cl)c1. The van der Waals surface area contributed by atoms with Gasteiger partial charge in [0.1, 0.15) is 5.75 Å². The van der Waals surface area contributed by atoms with E-state index in [9.17, 15) is 8.42 Å². The van der Waals surface area contributed by atoms with Crippen LogP contribution in [0.15, 0.2) is 22.7 Å². The van der Waals surface area contributed by atoms with Crippen molar-refractivity contribution in [3.63, 3.8) is 0 Å². The summed E-state index contributed by atoms with van der Waals surface area (Å²) in [5, 5.41) is 0. The van der Waals surface area contributed by atoms with E-state index < -0.39 is 9.05 Å². The van der Waals surface area contributed by atoms with Crippen molar-refractivity contribution in [1.82, 2.24) is 0 Å². The first kappa shape index (κ1) is 11.8. The number of benzene rings is 1. The monoisotopic (exact) mass is 298 g/mol. The zero-order valence-electron chi connectivity index (χ0n) is 7.33. The van der Waals surface area contributed by atoms with Crippen molar-refractivity contribution >= 4 is 35.7 Å². The van der Waals surface area contributed by atoms with Gasteiger partial charge in [-0.2, -0.15) is 0 Å². The summed E-state index contributed by atoms with van der Waals surface area (Å²) in [6, 6.07) is 5.08. The molecule has 0 saturated carbocycles. The normalized spacial score (nSPS) is 11.4. The van der Waals surface area contributed by atoms with Crippen LogP contribution in [0.5, 0.6) is 5.75 Å². The standard InChI is InChI=1S/C8H8BrClO3S/c1-13-7-2-3-8(9)6(4-7)5-14(10,11)12/h2-4H,5H2,1H3. The van der Waals surface area contributed by atoms with Crippen LogP contribution in [-0.4, -0.2) is 15.5 Å². The molecule has 0 fully saturated rings. The molecule has 78 valence electrons. The third-order valence-corrected chi connectivity index (χ3v) is 3.34. The van der Waals surface area contributed by atoms with Gasteiger partial charge in [0.15, 0.2) is 0 Å². The van der Waals surface area contributed by atoms with E-state index in [-0.39, 0.29) is 5.75 Å². The lowest BCUT2D eigenvalue weighted by Crippen LogP contribution is -1.96. The maximum absolute atomic E-state index is 10.9. The number of hydrogen-bond donors (Lipinski definition) is 0. The van der Waals surface area contributed by atoms with E-state index in [1.165, 1.54) is 7.11 Å². The van der Waals surface area contributed by atoms with Crippen molar-refractivity contribution < 1.29 is 13.2 Å². The van der Waals surface area contributed by atoms with Crippen molar-refractivity contribution in [1.29, 1.82) is 0 Å². The molecule has 0 heterocycles. The predicted octanol–water partition coefficient (Wildman–Crippen LogP) is 2.53. The van der Waals surface area contributed by atoms with Crippen LogP contribution in [0, 0.1) is 0 Å². The molecule has 0 atom stereocenters. The molecular weight excluding hydrogens is 292 g/mol. The highest BCUT2D eigenvalue weighted by Gasteiger charge is 2.10. The molecule has 1 aromatic carbocycles. The highest BCUT2D eigenvalue weighted by Crippen LogP contribution is 2.24. The topological polar surface area (TPSA) is 43.4 Å². The Bertz CT molecular complexity index is 430. The molecule has 6 heteroatoms. The highest BCUT2D eigenvalue weighted by molar-refractivity contribution is 9.10. The van der Waals surface area contributed by atoms with Crippen LogP contribution in [0.4, 0.5) is 0 Å². The lowest BCUT2D eigenvalue weighted by atomic mass is 10.2. The van der Waals surface area contributed by atoms with E-state index in [1.807, 2.05) is 0 Å². The second-order valence-electron chi connectivity index (χ2n) is 2.64. The first-order valence-corrected chi connectivity index (χ1v) is 6.94. The minimum atomic E-state index is -3.54. The van der Waals surface area contributed by atoms with Gasteiger partial charge in [0.2, 0.25) is 9.05 Å². The predicted molar refractivity (Wildman–Crippen MR) is 59.2 cm³/mol. The van der Waals surface area contributed by atoms with Crippen LogP contribution in [0.3, 0.4) is 0 Å². The number of methoxy groups -OCH3 is 1. The average Bonchev–Trinajstić information content (AvgIpc) is 2.06. The number of halogens is 2. The fourth-order valence-electron chi connectivity index (χ4n) is 0.974. The van der Waals surface area contributed by atoms with Crippen molar-refractivity contribution in [2.24, 2.45) is 0 Å². The first-order valence-electron chi connectivity index (χ1n) is 3.67. The summed E-state index contributed by atoms with van der Waals surface area (Å²) in [5.74, 6) is 0.385. The van der Waals surface area contributed by atoms with Gasteiger partial charge in [0.25, 0.3) is 0 Å². The van der Waals surface area contributed by atoms with Gasteiger partial charge in [-0.3, -0.25) is 0 Å². The molecule has 0 N–H and O–H groups in total. The highest BCUT2D eigenvalue weighted by atomic mass is 79.9. The molecule has 0 bridgehead atoms. The molecule has 0 aliphatic rings. The Kier molecular flexibility index (Phi) is 3.80. The van der Waals surface area contributed by atoms with Gasteiger partial charge in [-0.05, 0) is 23.8 Å². The zero-order valence-corrected chi connectivity index (χ0v) is 10.5. The van der Waals surface area contributed by atoms with Gasteiger partial charge in [0, 0.05) is 15.2 Å². The Labute approximate surface area is 95.6 Å². The molecule has 1 rings (SSSR count). The molecule has 0 amide bonds. The van der Waals surface area contributed by atoms with E-state index in [4.69, 9.17) is 15.4 Å². The second kappa shape index (κ2) is 4.51.